The van der Waals surface area contributed by atoms with Crippen LogP contribution in [0.25, 0.3) is 0 Å². The fraction of sp³-hybridized carbons (Fsp3) is 0.462. The summed E-state index contributed by atoms with van der Waals surface area (Å²) >= 11 is 0. The second-order valence-electron chi connectivity index (χ2n) is 4.12. The van der Waals surface area contributed by atoms with Crippen LogP contribution in [0.3, 0.4) is 0 Å². The third-order valence-corrected chi connectivity index (χ3v) is 2.59. The molecule has 1 N–H and O–H groups in total. The molecule has 0 unspecified atom stereocenters. The summed E-state index contributed by atoms with van der Waals surface area (Å²) in [4.78, 5) is 11.5. The average Bonchev–Trinajstić information content (AvgIpc) is 2.11. The van der Waals surface area contributed by atoms with Crippen molar-refractivity contribution in [2.75, 3.05) is 13.6 Å². The quantitative estimate of drug-likeness (QED) is 0.814. The maximum absolute atomic E-state index is 11.5. The lowest BCUT2D eigenvalue weighted by Crippen LogP contribution is -2.20. The number of nitrogens with one attached hydrogen (secondary N) is 1. The van der Waals surface area contributed by atoms with Gasteiger partial charge in [-0.15, -0.1) is 0 Å². The Labute approximate surface area is 91.7 Å². The Hall–Kier alpha value is -1.15. The van der Waals surface area contributed by atoms with Crippen molar-refractivity contribution >= 4 is 5.78 Å². The third kappa shape index (κ3) is 3.17. The highest BCUT2D eigenvalue weighted by Gasteiger charge is 2.08. The lowest BCUT2D eigenvalue weighted by Gasteiger charge is -2.10. The monoisotopic (exact) mass is 205 g/mol. The third-order valence-electron chi connectivity index (χ3n) is 2.59. The van der Waals surface area contributed by atoms with Gasteiger partial charge < -0.3 is 5.32 Å². The molecule has 2 heteroatoms. The number of hydrogen-bond acceptors (Lipinski definition) is 2. The zero-order chi connectivity index (χ0) is 11.4. The lowest BCUT2D eigenvalue weighted by molar-refractivity contribution is -0.117. The Morgan fingerprint density at radius 3 is 2.20 bits per heavy atom. The first-order chi connectivity index (χ1) is 7.04. The summed E-state index contributed by atoms with van der Waals surface area (Å²) in [7, 11) is 1.80. The van der Waals surface area contributed by atoms with Gasteiger partial charge >= 0.3 is 0 Å². The molecule has 0 amide bonds. The molecule has 0 atom stereocenters. The summed E-state index contributed by atoms with van der Waals surface area (Å²) in [5, 5.41) is 2.89. The van der Waals surface area contributed by atoms with Gasteiger partial charge in [-0.05, 0) is 44.5 Å². The van der Waals surface area contributed by atoms with E-state index in [2.05, 4.69) is 38.2 Å². The van der Waals surface area contributed by atoms with E-state index in [9.17, 15) is 4.79 Å². The Bertz CT molecular complexity index is 346. The molecule has 0 aromatic heterocycles. The van der Waals surface area contributed by atoms with E-state index in [0.717, 1.165) is 0 Å². The number of rotatable bonds is 4. The molecule has 0 fully saturated rings. The number of carbonyl (C=O) groups excluding carboxylic acids is 1. The number of hydrogen-bond donors (Lipinski definition) is 1. The van der Waals surface area contributed by atoms with Crippen LogP contribution in [0.5, 0.6) is 0 Å². The molecule has 1 rings (SSSR count). The summed E-state index contributed by atoms with van der Waals surface area (Å²) in [6.07, 6.45) is 0.540. The molecule has 1 aromatic rings. The van der Waals surface area contributed by atoms with Crippen LogP contribution in [-0.4, -0.2) is 19.4 Å². The Kier molecular flexibility index (Phi) is 4.04. The summed E-state index contributed by atoms with van der Waals surface area (Å²) in [5.74, 6) is 0.243. The zero-order valence-electron chi connectivity index (χ0n) is 9.98. The van der Waals surface area contributed by atoms with Gasteiger partial charge in [0.1, 0.15) is 0 Å². The predicted octanol–water partition coefficient (Wildman–Crippen LogP) is 1.94. The van der Waals surface area contributed by atoms with E-state index in [1.807, 2.05) is 0 Å². The normalized spacial score (nSPS) is 10.4. The number of ketones is 1. The van der Waals surface area contributed by atoms with Crippen LogP contribution in [-0.2, 0) is 11.2 Å². The molecule has 1 aromatic carbocycles. The molecule has 2 nitrogen and oxygen atoms in total. The van der Waals surface area contributed by atoms with Crippen LogP contribution in [0.1, 0.15) is 22.3 Å². The van der Waals surface area contributed by atoms with Crippen molar-refractivity contribution < 1.29 is 4.79 Å². The highest BCUT2D eigenvalue weighted by molar-refractivity contribution is 5.83. The van der Waals surface area contributed by atoms with Gasteiger partial charge in [0.05, 0.1) is 6.54 Å². The maximum Gasteiger partial charge on any atom is 0.150 e. The lowest BCUT2D eigenvalue weighted by atomic mass is 9.96. The van der Waals surface area contributed by atoms with Crippen LogP contribution in [0.4, 0.5) is 0 Å². The molecule has 0 heterocycles. The van der Waals surface area contributed by atoms with Crippen molar-refractivity contribution in [1.29, 1.82) is 0 Å². The van der Waals surface area contributed by atoms with E-state index in [1.165, 1.54) is 22.3 Å². The van der Waals surface area contributed by atoms with Crippen molar-refractivity contribution in [2.24, 2.45) is 0 Å². The smallest absolute Gasteiger partial charge is 0.150 e. The topological polar surface area (TPSA) is 29.1 Å². The van der Waals surface area contributed by atoms with Gasteiger partial charge in [0, 0.05) is 6.42 Å². The molecule has 0 spiro atoms. The molecule has 0 aliphatic heterocycles. The van der Waals surface area contributed by atoms with Crippen LogP contribution < -0.4 is 5.32 Å². The first-order valence-corrected chi connectivity index (χ1v) is 5.27. The highest BCUT2D eigenvalue weighted by Crippen LogP contribution is 2.16. The van der Waals surface area contributed by atoms with Crippen molar-refractivity contribution in [1.82, 2.24) is 5.32 Å². The Balaban J connectivity index is 2.90. The average molecular weight is 205 g/mol. The van der Waals surface area contributed by atoms with Gasteiger partial charge in [-0.3, -0.25) is 4.79 Å². The van der Waals surface area contributed by atoms with Gasteiger partial charge in [0.15, 0.2) is 5.78 Å². The molecule has 0 saturated heterocycles. The first kappa shape index (κ1) is 11.9. The SMILES string of the molecule is CNCC(=O)Cc1c(C)cc(C)cc1C. The van der Waals surface area contributed by atoms with E-state index in [1.54, 1.807) is 7.05 Å². The van der Waals surface area contributed by atoms with Crippen molar-refractivity contribution in [3.63, 3.8) is 0 Å². The van der Waals surface area contributed by atoms with Crippen molar-refractivity contribution in [3.05, 3.63) is 34.4 Å². The van der Waals surface area contributed by atoms with Crippen molar-refractivity contribution in [2.45, 2.75) is 27.2 Å². The first-order valence-electron chi connectivity index (χ1n) is 5.27. The number of carbonyl (C=O) groups is 1. The summed E-state index contributed by atoms with van der Waals surface area (Å²) < 4.78 is 0. The van der Waals surface area contributed by atoms with E-state index in [-0.39, 0.29) is 5.78 Å². The molecule has 0 saturated carbocycles. The minimum Gasteiger partial charge on any atom is -0.313 e. The largest absolute Gasteiger partial charge is 0.313 e. The fourth-order valence-corrected chi connectivity index (χ4v) is 1.95. The van der Waals surface area contributed by atoms with E-state index in [4.69, 9.17) is 0 Å². The fourth-order valence-electron chi connectivity index (χ4n) is 1.95. The minimum atomic E-state index is 0.243. The molecule has 0 aliphatic rings. The van der Waals surface area contributed by atoms with Crippen LogP contribution in [0.2, 0.25) is 0 Å². The maximum atomic E-state index is 11.5. The number of Topliss-reactive ketones (excluding diaryl/α,β-unsaturated/α-hetero) is 1. The van der Waals surface area contributed by atoms with Crippen LogP contribution >= 0.6 is 0 Å². The number of likely N-dealkylation sites (N-methyl/N-ethyl adjacent to an activating group) is 1. The number of benzene rings is 1. The zero-order valence-corrected chi connectivity index (χ0v) is 9.98. The van der Waals surface area contributed by atoms with E-state index < -0.39 is 0 Å². The van der Waals surface area contributed by atoms with Crippen molar-refractivity contribution in [3.8, 4) is 0 Å². The van der Waals surface area contributed by atoms with Crippen LogP contribution in [0, 0.1) is 20.8 Å². The molecular weight excluding hydrogens is 186 g/mol. The molecule has 82 valence electrons. The molecule has 0 aliphatic carbocycles. The predicted molar refractivity (Wildman–Crippen MR) is 63.3 cm³/mol. The second kappa shape index (κ2) is 5.08. The minimum absolute atomic E-state index is 0.243. The van der Waals surface area contributed by atoms with E-state index in [0.29, 0.717) is 13.0 Å². The Morgan fingerprint density at radius 2 is 1.73 bits per heavy atom. The van der Waals surface area contributed by atoms with Gasteiger partial charge in [0.2, 0.25) is 0 Å². The van der Waals surface area contributed by atoms with Gasteiger partial charge in [-0.25, -0.2) is 0 Å². The second-order valence-corrected chi connectivity index (χ2v) is 4.12. The summed E-state index contributed by atoms with van der Waals surface area (Å²) in [6, 6.07) is 4.27. The molecule has 0 radical (unpaired) electrons. The summed E-state index contributed by atoms with van der Waals surface area (Å²) in [5.41, 5.74) is 4.88. The molecule has 15 heavy (non-hydrogen) atoms. The van der Waals surface area contributed by atoms with Gasteiger partial charge in [-0.2, -0.15) is 0 Å². The van der Waals surface area contributed by atoms with E-state index >= 15 is 0 Å². The number of aryl methyl sites for hydroxylation is 3. The van der Waals surface area contributed by atoms with Crippen LogP contribution in [0.15, 0.2) is 12.1 Å². The molecule has 0 bridgehead atoms. The summed E-state index contributed by atoms with van der Waals surface area (Å²) in [6.45, 7) is 6.68. The Morgan fingerprint density at radius 1 is 1.20 bits per heavy atom. The standard InChI is InChI=1S/C13H19NO/c1-9-5-10(2)13(11(3)6-9)7-12(15)8-14-4/h5-6,14H,7-8H2,1-4H3. The van der Waals surface area contributed by atoms with Gasteiger partial charge in [-0.1, -0.05) is 17.7 Å². The molecular formula is C13H19NO. The van der Waals surface area contributed by atoms with Gasteiger partial charge in [0.25, 0.3) is 0 Å². The highest BCUT2D eigenvalue weighted by atomic mass is 16.1.